The van der Waals surface area contributed by atoms with Crippen LogP contribution < -0.4 is 5.84 Å². The largest absolute Gasteiger partial charge is 0.387 e. The van der Waals surface area contributed by atoms with Crippen LogP contribution in [0.15, 0.2) is 40.6 Å². The average molecular weight is 406 g/mol. The maximum Gasteiger partial charge on any atom is 0.181 e. The van der Waals surface area contributed by atoms with Crippen LogP contribution in [0.2, 0.25) is 5.02 Å². The first-order valence-electron chi connectivity index (χ1n) is 8.71. The SMILES string of the molecule is C[C@@](O)(c1ccc(Cl)cc1)[C@H]1O[C@@H](n2ncc3c2CC=N/C3=N/N)[C@H](O)[C@@H]1O. The molecule has 2 aliphatic heterocycles. The molecule has 0 radical (unpaired) electrons. The summed E-state index contributed by atoms with van der Waals surface area (Å²) in [6.45, 7) is 1.52. The van der Waals surface area contributed by atoms with Crippen LogP contribution in [0.3, 0.4) is 0 Å². The molecule has 0 unspecified atom stereocenters. The number of aliphatic hydroxyl groups is 3. The number of fused-ring (bicyclic) bond motifs is 1. The van der Waals surface area contributed by atoms with Crippen LogP contribution in [0, 0.1) is 0 Å². The molecule has 0 bridgehead atoms. The summed E-state index contributed by atoms with van der Waals surface area (Å²) < 4.78 is 7.39. The van der Waals surface area contributed by atoms with E-state index in [1.807, 2.05) is 0 Å². The van der Waals surface area contributed by atoms with Crippen molar-refractivity contribution in [1.82, 2.24) is 9.78 Å². The van der Waals surface area contributed by atoms with E-state index in [0.717, 1.165) is 0 Å². The monoisotopic (exact) mass is 405 g/mol. The molecule has 0 saturated carbocycles. The van der Waals surface area contributed by atoms with Gasteiger partial charge in [-0.2, -0.15) is 10.2 Å². The van der Waals surface area contributed by atoms with Crippen molar-refractivity contribution in [2.75, 3.05) is 0 Å². The summed E-state index contributed by atoms with van der Waals surface area (Å²) in [5.74, 6) is 5.68. The minimum absolute atomic E-state index is 0.324. The number of nitrogens with two attached hydrogens (primary N) is 1. The second kappa shape index (κ2) is 6.94. The third-order valence-corrected chi connectivity index (χ3v) is 5.47. The van der Waals surface area contributed by atoms with Gasteiger partial charge in [0, 0.05) is 17.7 Å². The van der Waals surface area contributed by atoms with E-state index in [2.05, 4.69) is 15.2 Å². The molecule has 3 heterocycles. The zero-order valence-electron chi connectivity index (χ0n) is 15.0. The molecule has 2 aromatic rings. The minimum Gasteiger partial charge on any atom is -0.387 e. The molecule has 1 aromatic carbocycles. The summed E-state index contributed by atoms with van der Waals surface area (Å²) in [5, 5.41) is 40.7. The Balaban J connectivity index is 1.66. The Bertz CT molecular complexity index is 940. The number of hydrogen-bond acceptors (Lipinski definition) is 7. The van der Waals surface area contributed by atoms with Gasteiger partial charge in [-0.3, -0.25) is 0 Å². The second-order valence-electron chi connectivity index (χ2n) is 7.00. The van der Waals surface area contributed by atoms with E-state index < -0.39 is 30.1 Å². The van der Waals surface area contributed by atoms with Gasteiger partial charge in [0.25, 0.3) is 0 Å². The van der Waals surface area contributed by atoms with Gasteiger partial charge >= 0.3 is 0 Å². The Labute approximate surface area is 165 Å². The Morgan fingerprint density at radius 2 is 2.00 bits per heavy atom. The Kier molecular flexibility index (Phi) is 4.72. The third kappa shape index (κ3) is 2.92. The molecule has 5 N–H and O–H groups in total. The van der Waals surface area contributed by atoms with Gasteiger partial charge < -0.3 is 25.9 Å². The number of aromatic nitrogens is 2. The second-order valence-corrected chi connectivity index (χ2v) is 7.44. The smallest absolute Gasteiger partial charge is 0.181 e. The molecule has 1 aromatic heterocycles. The van der Waals surface area contributed by atoms with Crippen LogP contribution in [0.1, 0.15) is 30.0 Å². The number of halogens is 1. The molecule has 0 aliphatic carbocycles. The van der Waals surface area contributed by atoms with Gasteiger partial charge in [-0.15, -0.1) is 0 Å². The molecule has 9 nitrogen and oxygen atoms in total. The normalized spacial score (nSPS) is 30.4. The van der Waals surface area contributed by atoms with E-state index >= 15 is 0 Å². The van der Waals surface area contributed by atoms with Crippen molar-refractivity contribution in [2.45, 2.75) is 43.5 Å². The van der Waals surface area contributed by atoms with E-state index in [1.165, 1.54) is 17.8 Å². The standard InChI is InChI=1S/C18H20ClN5O4/c1-18(27,9-2-4-10(19)5-3-9)15-13(25)14(26)17(28-15)24-12-6-7-21-16(23-20)11(12)8-22-24/h2-5,7-8,13-15,17,25-27H,6,20H2,1H3/b23-16+/t13-,14+,15-,17+,18+/m0/s1. The number of ether oxygens (including phenoxy) is 1. The first-order valence-corrected chi connectivity index (χ1v) is 9.09. The van der Waals surface area contributed by atoms with E-state index in [4.69, 9.17) is 22.2 Å². The molecule has 0 spiro atoms. The number of aliphatic imine (C=N–C) groups is 1. The Morgan fingerprint density at radius 1 is 1.29 bits per heavy atom. The highest BCUT2D eigenvalue weighted by atomic mass is 35.5. The summed E-state index contributed by atoms with van der Waals surface area (Å²) in [6.07, 6.45) is -1.12. The fourth-order valence-electron chi connectivity index (χ4n) is 3.67. The number of benzene rings is 1. The molecule has 2 aliphatic rings. The molecule has 1 saturated heterocycles. The molecular weight excluding hydrogens is 386 g/mol. The van der Waals surface area contributed by atoms with Gasteiger partial charge in [-0.1, -0.05) is 23.7 Å². The van der Waals surface area contributed by atoms with Crippen molar-refractivity contribution < 1.29 is 20.1 Å². The van der Waals surface area contributed by atoms with Crippen LogP contribution in [0.25, 0.3) is 0 Å². The summed E-state index contributed by atoms with van der Waals surface area (Å²) in [6, 6.07) is 6.57. The highest BCUT2D eigenvalue weighted by molar-refractivity contribution is 6.30. The first-order chi connectivity index (χ1) is 13.3. The fraction of sp³-hybridized carbons (Fsp3) is 0.389. The lowest BCUT2D eigenvalue weighted by molar-refractivity contribution is -0.138. The summed E-state index contributed by atoms with van der Waals surface area (Å²) in [7, 11) is 0. The van der Waals surface area contributed by atoms with Crippen molar-refractivity contribution in [1.29, 1.82) is 0 Å². The van der Waals surface area contributed by atoms with Crippen LogP contribution in [-0.2, 0) is 16.8 Å². The predicted octanol–water partition coefficient (Wildman–Crippen LogP) is 0.311. The molecule has 1 fully saturated rings. The van der Waals surface area contributed by atoms with Crippen molar-refractivity contribution in [3.05, 3.63) is 52.3 Å². The summed E-state index contributed by atoms with van der Waals surface area (Å²) >= 11 is 5.91. The zero-order chi connectivity index (χ0) is 20.1. The van der Waals surface area contributed by atoms with Gasteiger partial charge in [0.2, 0.25) is 0 Å². The zero-order valence-corrected chi connectivity index (χ0v) is 15.7. The highest BCUT2D eigenvalue weighted by Gasteiger charge is 2.52. The van der Waals surface area contributed by atoms with Crippen LogP contribution >= 0.6 is 11.6 Å². The maximum atomic E-state index is 11.1. The Hall–Kier alpha value is -2.30. The topological polar surface area (TPSA) is 138 Å². The van der Waals surface area contributed by atoms with Gasteiger partial charge in [0.05, 0.1) is 17.5 Å². The van der Waals surface area contributed by atoms with Gasteiger partial charge in [-0.05, 0) is 24.6 Å². The quantitative estimate of drug-likeness (QED) is 0.428. The van der Waals surface area contributed by atoms with Crippen molar-refractivity contribution in [3.63, 3.8) is 0 Å². The fourth-order valence-corrected chi connectivity index (χ4v) is 3.79. The average Bonchev–Trinajstić information content (AvgIpc) is 3.24. The molecule has 148 valence electrons. The lowest BCUT2D eigenvalue weighted by Crippen LogP contribution is -2.45. The van der Waals surface area contributed by atoms with Crippen molar-refractivity contribution in [2.24, 2.45) is 15.9 Å². The summed E-state index contributed by atoms with van der Waals surface area (Å²) in [4.78, 5) is 4.11. The molecule has 4 rings (SSSR count). The van der Waals surface area contributed by atoms with Gasteiger partial charge in [0.1, 0.15) is 23.9 Å². The van der Waals surface area contributed by atoms with E-state index in [-0.39, 0.29) is 0 Å². The number of nitrogens with zero attached hydrogens (tertiary/aromatic N) is 4. The number of amidine groups is 1. The first kappa shape index (κ1) is 19.0. The Morgan fingerprint density at radius 3 is 2.68 bits per heavy atom. The van der Waals surface area contributed by atoms with Crippen molar-refractivity contribution >= 4 is 23.7 Å². The predicted molar refractivity (Wildman–Crippen MR) is 102 cm³/mol. The lowest BCUT2D eigenvalue weighted by atomic mass is 9.87. The lowest BCUT2D eigenvalue weighted by Gasteiger charge is -2.32. The maximum absolute atomic E-state index is 11.1. The van der Waals surface area contributed by atoms with E-state index in [1.54, 1.807) is 30.5 Å². The molecule has 28 heavy (non-hydrogen) atoms. The number of aliphatic hydroxyl groups excluding tert-OH is 2. The number of hydrogen-bond donors (Lipinski definition) is 4. The number of hydrazone groups is 1. The third-order valence-electron chi connectivity index (χ3n) is 5.22. The number of rotatable bonds is 3. The summed E-state index contributed by atoms with van der Waals surface area (Å²) in [5.41, 5.74) is 0.254. The van der Waals surface area contributed by atoms with Gasteiger partial charge in [0.15, 0.2) is 12.1 Å². The van der Waals surface area contributed by atoms with Crippen molar-refractivity contribution in [3.8, 4) is 0 Å². The van der Waals surface area contributed by atoms with Crippen LogP contribution in [0.5, 0.6) is 0 Å². The van der Waals surface area contributed by atoms with Gasteiger partial charge in [-0.25, -0.2) is 9.67 Å². The minimum atomic E-state index is -1.57. The molecular formula is C18H20ClN5O4. The van der Waals surface area contributed by atoms with E-state index in [0.29, 0.717) is 34.1 Å². The molecule has 5 atom stereocenters. The molecule has 0 amide bonds. The van der Waals surface area contributed by atoms with E-state index in [9.17, 15) is 15.3 Å². The molecule has 10 heteroatoms. The van der Waals surface area contributed by atoms with Crippen LogP contribution in [-0.4, -0.2) is 55.5 Å². The van der Waals surface area contributed by atoms with Crippen LogP contribution in [0.4, 0.5) is 0 Å². The highest BCUT2D eigenvalue weighted by Crippen LogP contribution is 2.40.